The fourth-order valence-electron chi connectivity index (χ4n) is 4.66. The highest BCUT2D eigenvalue weighted by Gasteiger charge is 2.43. The van der Waals surface area contributed by atoms with E-state index >= 15 is 0 Å². The highest BCUT2D eigenvalue weighted by Crippen LogP contribution is 2.40. The maximum Gasteiger partial charge on any atom is 0.326 e. The molecule has 3 aromatic rings. The summed E-state index contributed by atoms with van der Waals surface area (Å²) in [6.45, 7) is 7.56. The maximum absolute atomic E-state index is 13.6. The van der Waals surface area contributed by atoms with Crippen LogP contribution >= 0.6 is 11.6 Å². The Balaban J connectivity index is 1.31. The van der Waals surface area contributed by atoms with Crippen LogP contribution in [0, 0.1) is 24.6 Å². The van der Waals surface area contributed by atoms with Gasteiger partial charge in [-0.25, -0.2) is 14.4 Å². The van der Waals surface area contributed by atoms with Gasteiger partial charge in [-0.1, -0.05) is 18.2 Å². The summed E-state index contributed by atoms with van der Waals surface area (Å²) in [5, 5.41) is 8.18. The summed E-state index contributed by atoms with van der Waals surface area (Å²) in [7, 11) is 0. The number of benzene rings is 1. The summed E-state index contributed by atoms with van der Waals surface area (Å²) in [6, 6.07) is 6.45. The standard InChI is InChI=1S/C22H23ClFN7O/c1-3-31-22(32-18-8-16(23)7-17(24)9-18)28-21(29-31)27-20-14-4-5-15(20)11-30(10-14)19-6-13(2)25-12-26-19/h3,6-9,12,14-15,20H,1,4-5,10-11H2,2H3,(H,27,29)/t14-,15?,20?/m1/s1. The van der Waals surface area contributed by atoms with Gasteiger partial charge in [0.05, 0.1) is 0 Å². The van der Waals surface area contributed by atoms with Crippen molar-refractivity contribution in [2.24, 2.45) is 11.8 Å². The van der Waals surface area contributed by atoms with E-state index in [0.717, 1.165) is 37.4 Å². The van der Waals surface area contributed by atoms with Gasteiger partial charge in [0.2, 0.25) is 5.95 Å². The normalized spacial score (nSPS) is 22.1. The van der Waals surface area contributed by atoms with Crippen LogP contribution in [0.3, 0.4) is 0 Å². The van der Waals surface area contributed by atoms with Gasteiger partial charge in [0.25, 0.3) is 0 Å². The number of fused-ring (bicyclic) bond motifs is 2. The minimum absolute atomic E-state index is 0.186. The molecular formula is C22H23ClFN7O. The summed E-state index contributed by atoms with van der Waals surface area (Å²) in [4.78, 5) is 15.5. The molecule has 3 heterocycles. The van der Waals surface area contributed by atoms with Crippen LogP contribution < -0.4 is 15.0 Å². The van der Waals surface area contributed by atoms with E-state index in [1.54, 1.807) is 6.33 Å². The Hall–Kier alpha value is -3.20. The number of anilines is 2. The van der Waals surface area contributed by atoms with Crippen LogP contribution in [0.2, 0.25) is 5.02 Å². The summed E-state index contributed by atoms with van der Waals surface area (Å²) in [6.07, 6.45) is 5.38. The van der Waals surface area contributed by atoms with Gasteiger partial charge in [-0.15, -0.1) is 5.10 Å². The first-order chi connectivity index (χ1) is 15.5. The molecule has 10 heteroatoms. The molecule has 2 bridgehead atoms. The number of rotatable bonds is 6. The summed E-state index contributed by atoms with van der Waals surface area (Å²) < 4.78 is 20.8. The molecule has 0 radical (unpaired) electrons. The van der Waals surface area contributed by atoms with Crippen LogP contribution in [0.15, 0.2) is 37.2 Å². The average molecular weight is 456 g/mol. The number of aromatic nitrogens is 5. The van der Waals surface area contributed by atoms with E-state index in [2.05, 4.69) is 36.8 Å². The second-order valence-electron chi connectivity index (χ2n) is 8.24. The van der Waals surface area contributed by atoms with Gasteiger partial charge in [0.15, 0.2) is 0 Å². The molecule has 32 heavy (non-hydrogen) atoms. The smallest absolute Gasteiger partial charge is 0.326 e. The van der Waals surface area contributed by atoms with Crippen LogP contribution in [0.25, 0.3) is 6.20 Å². The topological polar surface area (TPSA) is 81.0 Å². The van der Waals surface area contributed by atoms with Gasteiger partial charge in [0, 0.05) is 48.2 Å². The largest absolute Gasteiger partial charge is 0.424 e. The van der Waals surface area contributed by atoms with Gasteiger partial charge in [-0.3, -0.25) is 0 Å². The molecule has 8 nitrogen and oxygen atoms in total. The fourth-order valence-corrected chi connectivity index (χ4v) is 4.87. The molecule has 1 aliphatic heterocycles. The monoisotopic (exact) mass is 455 g/mol. The van der Waals surface area contributed by atoms with Crippen LogP contribution in [0.1, 0.15) is 18.5 Å². The zero-order chi connectivity index (χ0) is 22.2. The Morgan fingerprint density at radius 2 is 1.97 bits per heavy atom. The van der Waals surface area contributed by atoms with Crippen LogP contribution in [0.4, 0.5) is 16.2 Å². The lowest BCUT2D eigenvalue weighted by atomic mass is 9.92. The molecule has 2 unspecified atom stereocenters. The second kappa shape index (κ2) is 8.38. The first-order valence-corrected chi connectivity index (χ1v) is 10.9. The molecule has 5 rings (SSSR count). The number of aryl methyl sites for hydroxylation is 1. The highest BCUT2D eigenvalue weighted by molar-refractivity contribution is 6.30. The summed E-state index contributed by atoms with van der Waals surface area (Å²) in [5.74, 6) is 2.09. The molecular weight excluding hydrogens is 433 g/mol. The Labute approximate surface area is 190 Å². The lowest BCUT2D eigenvalue weighted by Crippen LogP contribution is -2.48. The quantitative estimate of drug-likeness (QED) is 0.590. The highest BCUT2D eigenvalue weighted by atomic mass is 35.5. The van der Waals surface area contributed by atoms with Crippen LogP contribution in [0.5, 0.6) is 11.8 Å². The lowest BCUT2D eigenvalue weighted by Gasteiger charge is -2.38. The molecule has 2 aromatic heterocycles. The molecule has 1 aliphatic carbocycles. The maximum atomic E-state index is 13.6. The van der Waals surface area contributed by atoms with E-state index in [-0.39, 0.29) is 22.8 Å². The van der Waals surface area contributed by atoms with Gasteiger partial charge in [0.1, 0.15) is 23.7 Å². The van der Waals surface area contributed by atoms with Gasteiger partial charge in [-0.05, 0) is 43.7 Å². The van der Waals surface area contributed by atoms with Crippen molar-refractivity contribution in [2.45, 2.75) is 25.8 Å². The first-order valence-electron chi connectivity index (χ1n) is 10.5. The minimum Gasteiger partial charge on any atom is -0.424 e. The number of hydrogen-bond acceptors (Lipinski definition) is 7. The van der Waals surface area contributed by atoms with Crippen molar-refractivity contribution < 1.29 is 9.13 Å². The van der Waals surface area contributed by atoms with E-state index in [1.807, 2.05) is 13.0 Å². The minimum atomic E-state index is -0.488. The Kier molecular flexibility index (Phi) is 5.42. The number of ether oxygens (including phenoxy) is 1. The van der Waals surface area contributed by atoms with Gasteiger partial charge >= 0.3 is 6.01 Å². The Morgan fingerprint density at radius 1 is 1.19 bits per heavy atom. The Bertz CT molecular complexity index is 1120. The zero-order valence-electron chi connectivity index (χ0n) is 17.6. The van der Waals surface area contributed by atoms with E-state index in [1.165, 1.54) is 29.1 Å². The molecule has 3 atom stereocenters. The number of nitrogens with zero attached hydrogens (tertiary/aromatic N) is 6. The lowest BCUT2D eigenvalue weighted by molar-refractivity contribution is 0.374. The van der Waals surface area contributed by atoms with Gasteiger partial charge < -0.3 is 15.0 Å². The summed E-state index contributed by atoms with van der Waals surface area (Å²) in [5.41, 5.74) is 0.967. The van der Waals surface area contributed by atoms with Crippen molar-refractivity contribution in [2.75, 3.05) is 23.3 Å². The van der Waals surface area contributed by atoms with E-state index < -0.39 is 5.82 Å². The molecule has 1 N–H and O–H groups in total. The predicted octanol–water partition coefficient (Wildman–Crippen LogP) is 4.39. The summed E-state index contributed by atoms with van der Waals surface area (Å²) >= 11 is 5.92. The third-order valence-corrected chi connectivity index (χ3v) is 6.28. The molecule has 2 aliphatic rings. The predicted molar refractivity (Wildman–Crippen MR) is 120 cm³/mol. The van der Waals surface area contributed by atoms with Crippen molar-refractivity contribution in [1.82, 2.24) is 24.7 Å². The Morgan fingerprint density at radius 3 is 2.66 bits per heavy atom. The van der Waals surface area contributed by atoms with Crippen molar-refractivity contribution in [3.8, 4) is 11.8 Å². The number of piperidine rings is 1. The second-order valence-corrected chi connectivity index (χ2v) is 8.68. The molecule has 166 valence electrons. The van der Waals surface area contributed by atoms with E-state index in [0.29, 0.717) is 17.8 Å². The van der Waals surface area contributed by atoms with Crippen LogP contribution in [-0.4, -0.2) is 43.9 Å². The van der Waals surface area contributed by atoms with Crippen molar-refractivity contribution in [3.05, 3.63) is 53.7 Å². The third-order valence-electron chi connectivity index (χ3n) is 6.06. The molecule has 0 amide bonds. The molecule has 0 spiro atoms. The van der Waals surface area contributed by atoms with Crippen LogP contribution in [-0.2, 0) is 0 Å². The number of hydrogen-bond donors (Lipinski definition) is 1. The average Bonchev–Trinajstić information content (AvgIpc) is 3.22. The van der Waals surface area contributed by atoms with Crippen molar-refractivity contribution >= 4 is 29.6 Å². The zero-order valence-corrected chi connectivity index (χ0v) is 18.3. The molecule has 1 saturated carbocycles. The molecule has 2 fully saturated rings. The van der Waals surface area contributed by atoms with Crippen molar-refractivity contribution in [3.63, 3.8) is 0 Å². The van der Waals surface area contributed by atoms with Gasteiger partial charge in [-0.2, -0.15) is 9.67 Å². The van der Waals surface area contributed by atoms with Crippen molar-refractivity contribution in [1.29, 1.82) is 0 Å². The SMILES string of the molecule is C=Cn1nc(NC2C3CC[C@@H]2CN(c2cc(C)ncn2)C3)nc1Oc1cc(F)cc(Cl)c1. The number of halogens is 2. The first kappa shape index (κ1) is 20.7. The number of nitrogens with one attached hydrogen (secondary N) is 1. The van der Waals surface area contributed by atoms with E-state index in [9.17, 15) is 4.39 Å². The molecule has 1 aromatic carbocycles. The molecule has 1 saturated heterocycles. The van der Waals surface area contributed by atoms with E-state index in [4.69, 9.17) is 16.3 Å². The fraction of sp³-hybridized carbons (Fsp3) is 0.364. The third kappa shape index (κ3) is 4.12.